The highest BCUT2D eigenvalue weighted by Gasteiger charge is 2.21. The maximum atomic E-state index is 5.32. The van der Waals surface area contributed by atoms with E-state index in [4.69, 9.17) is 6.42 Å². The van der Waals surface area contributed by atoms with E-state index in [1.807, 2.05) is 0 Å². The predicted octanol–water partition coefficient (Wildman–Crippen LogP) is 1.35. The van der Waals surface area contributed by atoms with E-state index in [0.29, 0.717) is 12.0 Å². The molecule has 1 atom stereocenters. The molecule has 1 aliphatic rings. The van der Waals surface area contributed by atoms with Crippen LogP contribution in [-0.2, 0) is 0 Å². The first-order valence-corrected chi connectivity index (χ1v) is 3.94. The number of likely N-dealkylation sites (tertiary alicyclic amines) is 1. The fourth-order valence-electron chi connectivity index (χ4n) is 1.39. The smallest absolute Gasteiger partial charge is 0.0339 e. The van der Waals surface area contributed by atoms with Crippen molar-refractivity contribution >= 4 is 0 Å². The van der Waals surface area contributed by atoms with Gasteiger partial charge in [0.1, 0.15) is 0 Å². The fourth-order valence-corrected chi connectivity index (χ4v) is 1.39. The summed E-state index contributed by atoms with van der Waals surface area (Å²) in [7, 11) is 0. The highest BCUT2D eigenvalue weighted by molar-refractivity contribution is 4.98. The summed E-state index contributed by atoms with van der Waals surface area (Å²) in [6.45, 7) is 6.73. The second kappa shape index (κ2) is 3.07. The zero-order valence-corrected chi connectivity index (χ0v) is 6.80. The van der Waals surface area contributed by atoms with Gasteiger partial charge in [-0.3, -0.25) is 4.90 Å². The number of hydrogen-bond donors (Lipinski definition) is 0. The van der Waals surface area contributed by atoms with Crippen LogP contribution < -0.4 is 0 Å². The molecule has 0 saturated carbocycles. The molecule has 0 aromatic rings. The third kappa shape index (κ3) is 1.52. The van der Waals surface area contributed by atoms with E-state index >= 15 is 0 Å². The van der Waals surface area contributed by atoms with Gasteiger partial charge in [-0.2, -0.15) is 0 Å². The van der Waals surface area contributed by atoms with Crippen molar-refractivity contribution in [2.75, 3.05) is 13.1 Å². The molecule has 10 heavy (non-hydrogen) atoms. The van der Waals surface area contributed by atoms with Crippen molar-refractivity contribution in [3.8, 4) is 12.3 Å². The average molecular weight is 137 g/mol. The van der Waals surface area contributed by atoms with Gasteiger partial charge in [0.2, 0.25) is 0 Å². The van der Waals surface area contributed by atoms with Crippen LogP contribution in [0.4, 0.5) is 0 Å². The van der Waals surface area contributed by atoms with E-state index < -0.39 is 0 Å². The summed E-state index contributed by atoms with van der Waals surface area (Å²) in [4.78, 5) is 2.44. The van der Waals surface area contributed by atoms with Crippen molar-refractivity contribution in [3.63, 3.8) is 0 Å². The van der Waals surface area contributed by atoms with Crippen LogP contribution in [0, 0.1) is 18.3 Å². The number of terminal acetylenes is 1. The summed E-state index contributed by atoms with van der Waals surface area (Å²) >= 11 is 0. The van der Waals surface area contributed by atoms with Gasteiger partial charge in [-0.25, -0.2) is 0 Å². The molecule has 0 aromatic heterocycles. The minimum Gasteiger partial charge on any atom is -0.300 e. The molecule has 1 heteroatoms. The first-order valence-electron chi connectivity index (χ1n) is 3.94. The van der Waals surface area contributed by atoms with Crippen LogP contribution in [0.1, 0.15) is 20.3 Å². The van der Waals surface area contributed by atoms with Gasteiger partial charge < -0.3 is 0 Å². The van der Waals surface area contributed by atoms with Gasteiger partial charge >= 0.3 is 0 Å². The van der Waals surface area contributed by atoms with Crippen molar-refractivity contribution in [1.29, 1.82) is 0 Å². The summed E-state index contributed by atoms with van der Waals surface area (Å²) < 4.78 is 0. The molecule has 0 aromatic carbocycles. The van der Waals surface area contributed by atoms with Crippen LogP contribution in [-0.4, -0.2) is 24.0 Å². The summed E-state index contributed by atoms with van der Waals surface area (Å²) in [5, 5.41) is 0. The maximum Gasteiger partial charge on any atom is 0.0339 e. The number of hydrogen-bond acceptors (Lipinski definition) is 1. The lowest BCUT2D eigenvalue weighted by molar-refractivity contribution is 0.271. The highest BCUT2D eigenvalue weighted by atomic mass is 15.2. The van der Waals surface area contributed by atoms with E-state index in [1.165, 1.54) is 13.0 Å². The van der Waals surface area contributed by atoms with E-state index in [1.54, 1.807) is 0 Å². The molecule has 0 radical (unpaired) electrons. The molecule has 0 bridgehead atoms. The molecule has 0 aliphatic carbocycles. The highest BCUT2D eigenvalue weighted by Crippen LogP contribution is 2.16. The molecule has 0 N–H and O–H groups in total. The number of nitrogens with zero attached hydrogens (tertiary/aromatic N) is 1. The Morgan fingerprint density at radius 3 is 2.60 bits per heavy atom. The summed E-state index contributed by atoms with van der Waals surface area (Å²) in [6, 6.07) is 0.665. The van der Waals surface area contributed by atoms with Crippen LogP contribution >= 0.6 is 0 Å². The van der Waals surface area contributed by atoms with Crippen molar-refractivity contribution in [1.82, 2.24) is 4.90 Å². The van der Waals surface area contributed by atoms with E-state index in [9.17, 15) is 0 Å². The Balaban J connectivity index is 2.37. The van der Waals surface area contributed by atoms with Crippen LogP contribution in [0.25, 0.3) is 0 Å². The number of rotatable bonds is 1. The topological polar surface area (TPSA) is 3.24 Å². The maximum absolute atomic E-state index is 5.32. The molecular formula is C9H15N. The minimum atomic E-state index is 0.516. The second-order valence-corrected chi connectivity index (χ2v) is 3.24. The SMILES string of the molecule is C#C[C@H]1CCN(C(C)C)C1. The summed E-state index contributed by atoms with van der Waals surface area (Å²) in [6.07, 6.45) is 6.51. The Labute approximate surface area is 63.4 Å². The third-order valence-electron chi connectivity index (χ3n) is 2.19. The van der Waals surface area contributed by atoms with E-state index in [0.717, 1.165) is 6.54 Å². The lowest BCUT2D eigenvalue weighted by Crippen LogP contribution is -2.27. The molecule has 0 spiro atoms. The zero-order chi connectivity index (χ0) is 7.56. The first-order chi connectivity index (χ1) is 4.74. The Morgan fingerprint density at radius 1 is 1.60 bits per heavy atom. The van der Waals surface area contributed by atoms with Crippen LogP contribution in [0.5, 0.6) is 0 Å². The Morgan fingerprint density at radius 2 is 2.30 bits per heavy atom. The molecule has 1 saturated heterocycles. The normalized spacial score (nSPS) is 27.2. The molecule has 1 fully saturated rings. The molecule has 0 unspecified atom stereocenters. The van der Waals surface area contributed by atoms with Gasteiger partial charge in [0.15, 0.2) is 0 Å². The average Bonchev–Trinajstić information content (AvgIpc) is 2.34. The van der Waals surface area contributed by atoms with Gasteiger partial charge in [0, 0.05) is 18.5 Å². The zero-order valence-electron chi connectivity index (χ0n) is 6.80. The lowest BCUT2D eigenvalue weighted by atomic mass is 10.1. The minimum absolute atomic E-state index is 0.516. The monoisotopic (exact) mass is 137 g/mol. The van der Waals surface area contributed by atoms with Crippen LogP contribution in [0.2, 0.25) is 0 Å². The summed E-state index contributed by atoms with van der Waals surface area (Å²) in [5.41, 5.74) is 0. The molecule has 1 nitrogen and oxygen atoms in total. The van der Waals surface area contributed by atoms with Crippen molar-refractivity contribution < 1.29 is 0 Å². The lowest BCUT2D eigenvalue weighted by Gasteiger charge is -2.18. The Bertz CT molecular complexity index is 143. The Hall–Kier alpha value is -0.480. The van der Waals surface area contributed by atoms with Crippen molar-refractivity contribution in [2.24, 2.45) is 5.92 Å². The first kappa shape index (κ1) is 7.63. The molecule has 56 valence electrons. The largest absolute Gasteiger partial charge is 0.300 e. The molecule has 1 aliphatic heterocycles. The second-order valence-electron chi connectivity index (χ2n) is 3.24. The van der Waals surface area contributed by atoms with Crippen molar-refractivity contribution in [3.05, 3.63) is 0 Å². The molecule has 1 heterocycles. The Kier molecular flexibility index (Phi) is 2.34. The standard InChI is InChI=1S/C9H15N/c1-4-9-5-6-10(7-9)8(2)3/h1,8-9H,5-7H2,2-3H3/t9-/m0/s1. The predicted molar refractivity (Wildman–Crippen MR) is 43.6 cm³/mol. The quantitative estimate of drug-likeness (QED) is 0.493. The van der Waals surface area contributed by atoms with E-state index in [2.05, 4.69) is 24.7 Å². The van der Waals surface area contributed by atoms with Crippen molar-refractivity contribution in [2.45, 2.75) is 26.3 Å². The molecule has 1 rings (SSSR count). The van der Waals surface area contributed by atoms with Gasteiger partial charge in [-0.15, -0.1) is 12.3 Å². The molecular weight excluding hydrogens is 122 g/mol. The van der Waals surface area contributed by atoms with Gasteiger partial charge in [-0.1, -0.05) is 0 Å². The van der Waals surface area contributed by atoms with Gasteiger partial charge in [0.05, 0.1) is 0 Å². The van der Waals surface area contributed by atoms with Gasteiger partial charge in [-0.05, 0) is 26.8 Å². The molecule has 0 amide bonds. The summed E-state index contributed by atoms with van der Waals surface area (Å²) in [5.74, 6) is 3.32. The van der Waals surface area contributed by atoms with Crippen LogP contribution in [0.15, 0.2) is 0 Å². The van der Waals surface area contributed by atoms with Gasteiger partial charge in [0.25, 0.3) is 0 Å². The van der Waals surface area contributed by atoms with Crippen LogP contribution in [0.3, 0.4) is 0 Å². The fraction of sp³-hybridized carbons (Fsp3) is 0.778. The third-order valence-corrected chi connectivity index (χ3v) is 2.19. The van der Waals surface area contributed by atoms with E-state index in [-0.39, 0.29) is 0 Å².